The number of hydrogen-bond donors (Lipinski definition) is 3. The summed E-state index contributed by atoms with van der Waals surface area (Å²) in [4.78, 5) is 25.0. The molecule has 0 bridgehead atoms. The summed E-state index contributed by atoms with van der Waals surface area (Å²) >= 11 is 0. The normalized spacial score (nSPS) is 10.4. The van der Waals surface area contributed by atoms with Crippen LogP contribution in [-0.2, 0) is 4.79 Å². The minimum absolute atomic E-state index is 0.148. The van der Waals surface area contributed by atoms with Crippen LogP contribution in [-0.4, -0.2) is 17.4 Å². The number of carbonyl (C=O) groups excluding carboxylic acids is 1. The second kappa shape index (κ2) is 4.69. The van der Waals surface area contributed by atoms with Gasteiger partial charge in [0.2, 0.25) is 5.91 Å². The van der Waals surface area contributed by atoms with Gasteiger partial charge in [0.1, 0.15) is 5.82 Å². The predicted molar refractivity (Wildman–Crippen MR) is 66.9 cm³/mol. The molecule has 17 heavy (non-hydrogen) atoms. The molecular weight excluding hydrogens is 218 g/mol. The number of fused-ring (bicyclic) bond motifs is 1. The second-order valence-electron chi connectivity index (χ2n) is 3.74. The summed E-state index contributed by atoms with van der Waals surface area (Å²) in [5, 5.41) is 4.46. The maximum Gasteiger partial charge on any atom is 0.257 e. The fourth-order valence-corrected chi connectivity index (χ4v) is 1.63. The van der Waals surface area contributed by atoms with Gasteiger partial charge in [-0.05, 0) is 17.5 Å². The number of benzene rings is 1. The van der Waals surface area contributed by atoms with Gasteiger partial charge < -0.3 is 16.0 Å². The number of rotatable bonds is 4. The molecule has 88 valence electrons. The van der Waals surface area contributed by atoms with Crippen LogP contribution in [0.15, 0.2) is 35.1 Å². The summed E-state index contributed by atoms with van der Waals surface area (Å²) in [6, 6.07) is 9.15. The molecule has 0 aliphatic heterocycles. The lowest BCUT2D eigenvalue weighted by Crippen LogP contribution is -2.17. The monoisotopic (exact) mass is 231 g/mol. The maximum absolute atomic E-state index is 11.7. The van der Waals surface area contributed by atoms with E-state index in [-0.39, 0.29) is 17.9 Å². The number of primary amides is 1. The predicted octanol–water partition coefficient (Wildman–Crippen LogP) is 0.815. The third-order valence-corrected chi connectivity index (χ3v) is 2.44. The van der Waals surface area contributed by atoms with Gasteiger partial charge in [0, 0.05) is 18.4 Å². The molecule has 0 aliphatic carbocycles. The Hall–Kier alpha value is -2.30. The Bertz CT molecular complexity index is 604. The van der Waals surface area contributed by atoms with Crippen LogP contribution in [0.3, 0.4) is 0 Å². The molecule has 5 heteroatoms. The zero-order valence-electron chi connectivity index (χ0n) is 9.19. The van der Waals surface area contributed by atoms with E-state index >= 15 is 0 Å². The van der Waals surface area contributed by atoms with E-state index in [0.717, 1.165) is 5.39 Å². The molecule has 0 aliphatic rings. The molecule has 1 amide bonds. The Morgan fingerprint density at radius 1 is 1.35 bits per heavy atom. The second-order valence-corrected chi connectivity index (χ2v) is 3.74. The van der Waals surface area contributed by atoms with Gasteiger partial charge in [-0.3, -0.25) is 9.59 Å². The van der Waals surface area contributed by atoms with Crippen LogP contribution >= 0.6 is 0 Å². The number of aromatic amines is 1. The van der Waals surface area contributed by atoms with Crippen molar-refractivity contribution in [2.45, 2.75) is 6.42 Å². The molecule has 0 radical (unpaired) electrons. The molecule has 1 aromatic carbocycles. The Morgan fingerprint density at radius 3 is 2.88 bits per heavy atom. The van der Waals surface area contributed by atoms with Crippen molar-refractivity contribution in [1.29, 1.82) is 0 Å². The lowest BCUT2D eigenvalue weighted by Gasteiger charge is -2.05. The van der Waals surface area contributed by atoms with Gasteiger partial charge in [0.05, 0.1) is 0 Å². The minimum Gasteiger partial charge on any atom is -0.371 e. The topological polar surface area (TPSA) is 88.0 Å². The molecule has 5 nitrogen and oxygen atoms in total. The van der Waals surface area contributed by atoms with Gasteiger partial charge in [0.25, 0.3) is 5.56 Å². The first-order chi connectivity index (χ1) is 8.16. The highest BCUT2D eigenvalue weighted by Gasteiger charge is 2.01. The fraction of sp³-hybridized carbons (Fsp3) is 0.167. The van der Waals surface area contributed by atoms with E-state index in [2.05, 4.69) is 10.3 Å². The molecule has 0 saturated carbocycles. The quantitative estimate of drug-likeness (QED) is 0.727. The molecule has 0 atom stereocenters. The average Bonchev–Trinajstić information content (AvgIpc) is 2.28. The van der Waals surface area contributed by atoms with Crippen molar-refractivity contribution in [2.24, 2.45) is 5.73 Å². The summed E-state index contributed by atoms with van der Waals surface area (Å²) in [7, 11) is 0. The lowest BCUT2D eigenvalue weighted by molar-refractivity contribution is -0.117. The third kappa shape index (κ3) is 2.63. The first-order valence-corrected chi connectivity index (χ1v) is 5.31. The molecule has 4 N–H and O–H groups in total. The summed E-state index contributed by atoms with van der Waals surface area (Å²) in [6.45, 7) is 0.406. The van der Waals surface area contributed by atoms with Crippen molar-refractivity contribution in [3.8, 4) is 0 Å². The third-order valence-electron chi connectivity index (χ3n) is 2.44. The standard InChI is InChI=1S/C12H13N3O2/c13-10(16)5-6-14-11-7-8-3-1-2-4-9(8)12(17)15-11/h1-4,7H,5-6H2,(H2,13,16)(H2,14,15,17). The van der Waals surface area contributed by atoms with Crippen LogP contribution in [0.4, 0.5) is 5.82 Å². The van der Waals surface area contributed by atoms with Crippen molar-refractivity contribution in [3.63, 3.8) is 0 Å². The van der Waals surface area contributed by atoms with Crippen LogP contribution in [0.1, 0.15) is 6.42 Å². The number of aromatic nitrogens is 1. The van der Waals surface area contributed by atoms with Crippen LogP contribution in [0.25, 0.3) is 10.8 Å². The average molecular weight is 231 g/mol. The Morgan fingerprint density at radius 2 is 2.12 bits per heavy atom. The van der Waals surface area contributed by atoms with Gasteiger partial charge in [-0.25, -0.2) is 0 Å². The molecule has 0 fully saturated rings. The van der Waals surface area contributed by atoms with Crippen LogP contribution < -0.4 is 16.6 Å². The number of carbonyl (C=O) groups is 1. The first-order valence-electron chi connectivity index (χ1n) is 5.31. The number of hydrogen-bond acceptors (Lipinski definition) is 3. The number of pyridine rings is 1. The van der Waals surface area contributed by atoms with E-state index in [1.165, 1.54) is 0 Å². The van der Waals surface area contributed by atoms with Crippen LogP contribution in [0, 0.1) is 0 Å². The SMILES string of the molecule is NC(=O)CCNc1cc2ccccc2c(=O)[nH]1. The number of nitrogens with one attached hydrogen (secondary N) is 2. The Labute approximate surface area is 97.6 Å². The van der Waals surface area contributed by atoms with Crippen LogP contribution in [0.2, 0.25) is 0 Å². The summed E-state index contributed by atoms with van der Waals surface area (Å²) < 4.78 is 0. The highest BCUT2D eigenvalue weighted by Crippen LogP contribution is 2.12. The Balaban J connectivity index is 2.25. The number of anilines is 1. The van der Waals surface area contributed by atoms with Crippen molar-refractivity contribution < 1.29 is 4.79 Å². The maximum atomic E-state index is 11.7. The molecule has 0 spiro atoms. The summed E-state index contributed by atoms with van der Waals surface area (Å²) in [5.74, 6) is 0.218. The van der Waals surface area contributed by atoms with Gasteiger partial charge >= 0.3 is 0 Å². The molecule has 0 unspecified atom stereocenters. The lowest BCUT2D eigenvalue weighted by atomic mass is 10.2. The smallest absolute Gasteiger partial charge is 0.257 e. The minimum atomic E-state index is -0.374. The number of H-pyrrole nitrogens is 1. The zero-order chi connectivity index (χ0) is 12.3. The van der Waals surface area contributed by atoms with Crippen molar-refractivity contribution in [2.75, 3.05) is 11.9 Å². The summed E-state index contributed by atoms with van der Waals surface area (Å²) in [6.07, 6.45) is 0.231. The van der Waals surface area contributed by atoms with Crippen molar-refractivity contribution in [1.82, 2.24) is 4.98 Å². The number of amides is 1. The van der Waals surface area contributed by atoms with E-state index in [1.54, 1.807) is 6.07 Å². The van der Waals surface area contributed by atoms with Gasteiger partial charge in [-0.1, -0.05) is 18.2 Å². The van der Waals surface area contributed by atoms with E-state index in [0.29, 0.717) is 17.7 Å². The zero-order valence-corrected chi connectivity index (χ0v) is 9.19. The fourth-order valence-electron chi connectivity index (χ4n) is 1.63. The highest BCUT2D eigenvalue weighted by atomic mass is 16.1. The molecule has 1 heterocycles. The van der Waals surface area contributed by atoms with Gasteiger partial charge in [-0.15, -0.1) is 0 Å². The summed E-state index contributed by atoms with van der Waals surface area (Å²) in [5.41, 5.74) is 4.88. The van der Waals surface area contributed by atoms with Gasteiger partial charge in [-0.2, -0.15) is 0 Å². The molecular formula is C12H13N3O2. The van der Waals surface area contributed by atoms with Crippen molar-refractivity contribution in [3.05, 3.63) is 40.7 Å². The first kappa shape index (κ1) is 11.2. The molecule has 2 rings (SSSR count). The Kier molecular flexibility index (Phi) is 3.09. The van der Waals surface area contributed by atoms with E-state index in [1.807, 2.05) is 24.3 Å². The van der Waals surface area contributed by atoms with E-state index < -0.39 is 0 Å². The number of nitrogens with two attached hydrogens (primary N) is 1. The highest BCUT2D eigenvalue weighted by molar-refractivity contribution is 5.83. The largest absolute Gasteiger partial charge is 0.371 e. The molecule has 1 aromatic heterocycles. The molecule has 0 saturated heterocycles. The van der Waals surface area contributed by atoms with E-state index in [9.17, 15) is 9.59 Å². The van der Waals surface area contributed by atoms with Crippen LogP contribution in [0.5, 0.6) is 0 Å². The van der Waals surface area contributed by atoms with Gasteiger partial charge in [0.15, 0.2) is 0 Å². The van der Waals surface area contributed by atoms with Crippen molar-refractivity contribution >= 4 is 22.5 Å². The molecule has 2 aromatic rings. The van der Waals surface area contributed by atoms with E-state index in [4.69, 9.17) is 5.73 Å².